The molecule has 0 fully saturated rings. The Morgan fingerprint density at radius 1 is 1.50 bits per heavy atom. The summed E-state index contributed by atoms with van der Waals surface area (Å²) in [5.41, 5.74) is 1.70. The first-order valence-corrected chi connectivity index (χ1v) is 5.47. The molecule has 0 bridgehead atoms. The third-order valence-corrected chi connectivity index (χ3v) is 2.87. The van der Waals surface area contributed by atoms with Gasteiger partial charge in [0.15, 0.2) is 12.3 Å². The maximum Gasteiger partial charge on any atom is 0.278 e. The van der Waals surface area contributed by atoms with E-state index >= 15 is 0 Å². The molecular weight excluding hydrogens is 266 g/mol. The molecule has 0 atom stereocenters. The van der Waals surface area contributed by atoms with Gasteiger partial charge < -0.3 is 10.2 Å². The number of anilines is 1. The van der Waals surface area contributed by atoms with E-state index < -0.39 is 18.9 Å². The number of fused-ring (bicyclic) bond motifs is 1. The van der Waals surface area contributed by atoms with Crippen molar-refractivity contribution in [3.8, 4) is 0 Å². The van der Waals surface area contributed by atoms with Gasteiger partial charge >= 0.3 is 0 Å². The number of carbonyl (C=O) groups excluding carboxylic acids is 1. The first kappa shape index (κ1) is 12.8. The number of carbonyl (C=O) groups is 1. The molecule has 1 aliphatic heterocycles. The molecule has 1 heterocycles. The van der Waals surface area contributed by atoms with Gasteiger partial charge in [-0.05, 0) is 24.6 Å². The van der Waals surface area contributed by atoms with Crippen LogP contribution < -0.4 is 5.32 Å². The number of alkyl halides is 2. The summed E-state index contributed by atoms with van der Waals surface area (Å²) in [6.07, 6.45) is -2.63. The van der Waals surface area contributed by atoms with Crippen molar-refractivity contribution in [3.05, 3.63) is 28.3 Å². The highest BCUT2D eigenvalue weighted by atomic mass is 35.5. The van der Waals surface area contributed by atoms with Crippen LogP contribution in [0.4, 0.5) is 14.5 Å². The highest BCUT2D eigenvalue weighted by Crippen LogP contribution is 2.32. The number of benzene rings is 1. The number of amides is 1. The molecule has 1 aromatic rings. The molecule has 0 saturated heterocycles. The zero-order chi connectivity index (χ0) is 13.3. The second-order valence-corrected chi connectivity index (χ2v) is 4.08. The molecule has 1 aliphatic rings. The lowest BCUT2D eigenvalue weighted by atomic mass is 10.1. The molecule has 4 nitrogen and oxygen atoms in total. The molecule has 7 heteroatoms. The van der Waals surface area contributed by atoms with Crippen molar-refractivity contribution >= 4 is 28.9 Å². The molecule has 1 amide bonds. The van der Waals surface area contributed by atoms with E-state index in [2.05, 4.69) is 15.3 Å². The number of nitrogens with one attached hydrogen (secondary N) is 1. The van der Waals surface area contributed by atoms with Gasteiger partial charge in [0, 0.05) is 10.6 Å². The minimum Gasteiger partial charge on any atom is -0.389 e. The van der Waals surface area contributed by atoms with E-state index in [9.17, 15) is 13.6 Å². The Hall–Kier alpha value is -1.69. The van der Waals surface area contributed by atoms with Crippen molar-refractivity contribution in [3.63, 3.8) is 0 Å². The minimum absolute atomic E-state index is 0.0228. The van der Waals surface area contributed by atoms with Crippen LogP contribution in [0.3, 0.4) is 0 Å². The molecule has 0 aromatic heterocycles. The number of rotatable bonds is 3. The van der Waals surface area contributed by atoms with E-state index in [1.54, 1.807) is 19.1 Å². The third kappa shape index (κ3) is 2.28. The Morgan fingerprint density at radius 3 is 2.89 bits per heavy atom. The summed E-state index contributed by atoms with van der Waals surface area (Å²) in [6, 6.07) is 3.20. The van der Waals surface area contributed by atoms with Crippen molar-refractivity contribution in [2.45, 2.75) is 13.3 Å². The molecule has 96 valence electrons. The fraction of sp³-hybridized carbons (Fsp3) is 0.273. The maximum atomic E-state index is 11.9. The van der Waals surface area contributed by atoms with Gasteiger partial charge in [-0.15, -0.1) is 0 Å². The quantitative estimate of drug-likeness (QED) is 0.861. The third-order valence-electron chi connectivity index (χ3n) is 2.46. The predicted molar refractivity (Wildman–Crippen MR) is 63.3 cm³/mol. The second kappa shape index (κ2) is 4.89. The molecule has 0 saturated carbocycles. The van der Waals surface area contributed by atoms with Gasteiger partial charge in [0.25, 0.3) is 12.3 Å². The summed E-state index contributed by atoms with van der Waals surface area (Å²) in [6.45, 7) is 0.892. The normalized spacial score (nSPS) is 16.1. The second-order valence-electron chi connectivity index (χ2n) is 3.68. The van der Waals surface area contributed by atoms with Crippen LogP contribution in [0.5, 0.6) is 0 Å². The van der Waals surface area contributed by atoms with E-state index in [1.807, 2.05) is 0 Å². The van der Waals surface area contributed by atoms with Gasteiger partial charge in [0.2, 0.25) is 0 Å². The van der Waals surface area contributed by atoms with Crippen LogP contribution in [-0.2, 0) is 9.63 Å². The molecule has 1 aromatic carbocycles. The molecule has 0 unspecified atom stereocenters. The summed E-state index contributed by atoms with van der Waals surface area (Å²) in [4.78, 5) is 16.0. The van der Waals surface area contributed by atoms with Crippen LogP contribution >= 0.6 is 11.6 Å². The van der Waals surface area contributed by atoms with Crippen LogP contribution in [0.25, 0.3) is 0 Å². The highest BCUT2D eigenvalue weighted by Gasteiger charge is 2.28. The van der Waals surface area contributed by atoms with Gasteiger partial charge in [-0.2, -0.15) is 0 Å². The monoisotopic (exact) mass is 274 g/mol. The highest BCUT2D eigenvalue weighted by molar-refractivity contribution is 6.54. The van der Waals surface area contributed by atoms with Crippen LogP contribution in [0.1, 0.15) is 11.1 Å². The Morgan fingerprint density at radius 2 is 2.22 bits per heavy atom. The van der Waals surface area contributed by atoms with Crippen molar-refractivity contribution < 1.29 is 18.4 Å². The lowest BCUT2D eigenvalue weighted by molar-refractivity contribution is -0.110. The molecule has 0 spiro atoms. The number of halogens is 3. The zero-order valence-corrected chi connectivity index (χ0v) is 10.1. The average Bonchev–Trinajstić information content (AvgIpc) is 2.62. The van der Waals surface area contributed by atoms with Crippen molar-refractivity contribution in [1.29, 1.82) is 0 Å². The van der Waals surface area contributed by atoms with Crippen LogP contribution in [0, 0.1) is 6.92 Å². The molecule has 18 heavy (non-hydrogen) atoms. The standard InChI is InChI=1S/C11H9ClF2N2O2/c1-5-7(12)3-2-6-9(5)15-11(17)10(6)16-18-4-8(13)14/h2-3,8H,4H2,1H3,(H,15,16,17). The van der Waals surface area contributed by atoms with Crippen molar-refractivity contribution in [2.24, 2.45) is 5.16 Å². The van der Waals surface area contributed by atoms with Crippen molar-refractivity contribution in [1.82, 2.24) is 0 Å². The number of hydrogen-bond acceptors (Lipinski definition) is 3. The Kier molecular flexibility index (Phi) is 3.47. The topological polar surface area (TPSA) is 50.7 Å². The number of nitrogens with zero attached hydrogens (tertiary/aromatic N) is 1. The molecule has 1 N–H and O–H groups in total. The predicted octanol–water partition coefficient (Wildman–Crippen LogP) is 2.59. The Bertz CT molecular complexity index is 532. The largest absolute Gasteiger partial charge is 0.389 e. The molecular formula is C11H9ClF2N2O2. The SMILES string of the molecule is Cc1c(Cl)ccc2c1NC(=O)C2=NOCC(F)F. The van der Waals surface area contributed by atoms with Gasteiger partial charge in [-0.25, -0.2) is 8.78 Å². The van der Waals surface area contributed by atoms with E-state index in [-0.39, 0.29) is 5.71 Å². The van der Waals surface area contributed by atoms with Gasteiger partial charge in [0.05, 0.1) is 5.69 Å². The lowest BCUT2D eigenvalue weighted by Gasteiger charge is -2.04. The first-order chi connectivity index (χ1) is 8.50. The summed E-state index contributed by atoms with van der Waals surface area (Å²) >= 11 is 5.91. The fourth-order valence-corrected chi connectivity index (χ4v) is 1.75. The van der Waals surface area contributed by atoms with Gasteiger partial charge in [0.1, 0.15) is 0 Å². The smallest absolute Gasteiger partial charge is 0.278 e. The fourth-order valence-electron chi connectivity index (χ4n) is 1.59. The molecule has 0 aliphatic carbocycles. The first-order valence-electron chi connectivity index (χ1n) is 5.09. The van der Waals surface area contributed by atoms with Crippen LogP contribution in [0.15, 0.2) is 17.3 Å². The van der Waals surface area contributed by atoms with E-state index in [0.29, 0.717) is 21.8 Å². The summed E-state index contributed by atoms with van der Waals surface area (Å²) in [5.74, 6) is -0.496. The molecule has 2 rings (SSSR count). The van der Waals surface area contributed by atoms with E-state index in [1.165, 1.54) is 0 Å². The summed E-state index contributed by atoms with van der Waals surface area (Å²) < 4.78 is 23.8. The lowest BCUT2D eigenvalue weighted by Crippen LogP contribution is -2.15. The maximum absolute atomic E-state index is 11.9. The summed E-state index contributed by atoms with van der Waals surface area (Å²) in [7, 11) is 0. The van der Waals surface area contributed by atoms with Crippen molar-refractivity contribution in [2.75, 3.05) is 11.9 Å². The van der Waals surface area contributed by atoms with E-state index in [4.69, 9.17) is 11.6 Å². The minimum atomic E-state index is -2.63. The number of hydrogen-bond donors (Lipinski definition) is 1. The Balaban J connectivity index is 2.31. The zero-order valence-electron chi connectivity index (χ0n) is 9.34. The van der Waals surface area contributed by atoms with Crippen LogP contribution in [-0.4, -0.2) is 24.7 Å². The average molecular weight is 275 g/mol. The van der Waals surface area contributed by atoms with Crippen LogP contribution in [0.2, 0.25) is 5.02 Å². The van der Waals surface area contributed by atoms with E-state index in [0.717, 1.165) is 0 Å². The summed E-state index contributed by atoms with van der Waals surface area (Å²) in [5, 5.41) is 6.51. The van der Waals surface area contributed by atoms with Gasteiger partial charge in [-0.3, -0.25) is 4.79 Å². The Labute approximate surface area is 107 Å². The molecule has 0 radical (unpaired) electrons. The van der Waals surface area contributed by atoms with Gasteiger partial charge in [-0.1, -0.05) is 16.8 Å². The number of oxime groups is 1.